The number of hydrogen-bond donors (Lipinski definition) is 1. The van der Waals surface area contributed by atoms with Crippen molar-refractivity contribution in [1.29, 1.82) is 0 Å². The summed E-state index contributed by atoms with van der Waals surface area (Å²) in [5.41, 5.74) is 1.80. The van der Waals surface area contributed by atoms with Gasteiger partial charge in [-0.15, -0.1) is 11.3 Å². The SMILES string of the molecule is Cc1cc(-n2c(SCC(=O)Nc3ccc4c(c3)OCO4)nc3ccsc3c2=O)ccc1F. The number of carbonyl (C=O) groups is 1. The van der Waals surface area contributed by atoms with Gasteiger partial charge in [0.05, 0.1) is 17.0 Å². The molecule has 0 unspecified atom stereocenters. The van der Waals surface area contributed by atoms with Crippen molar-refractivity contribution in [2.24, 2.45) is 0 Å². The number of aryl methyl sites for hydroxylation is 1. The summed E-state index contributed by atoms with van der Waals surface area (Å²) in [6.45, 7) is 1.78. The largest absolute Gasteiger partial charge is 0.454 e. The highest BCUT2D eigenvalue weighted by atomic mass is 32.2. The van der Waals surface area contributed by atoms with Crippen LogP contribution in [-0.4, -0.2) is 28.0 Å². The maximum atomic E-state index is 13.8. The number of anilines is 1. The normalized spacial score (nSPS) is 12.3. The molecule has 0 fully saturated rings. The van der Waals surface area contributed by atoms with E-state index in [4.69, 9.17) is 9.47 Å². The zero-order valence-electron chi connectivity index (χ0n) is 16.8. The van der Waals surface area contributed by atoms with Crippen LogP contribution >= 0.6 is 23.1 Å². The van der Waals surface area contributed by atoms with E-state index in [0.717, 1.165) is 11.8 Å². The van der Waals surface area contributed by atoms with Gasteiger partial charge in [-0.1, -0.05) is 11.8 Å². The Morgan fingerprint density at radius 1 is 1.22 bits per heavy atom. The van der Waals surface area contributed by atoms with E-state index in [-0.39, 0.29) is 29.8 Å². The molecular formula is C22H16FN3O4S2. The molecule has 0 atom stereocenters. The van der Waals surface area contributed by atoms with E-state index in [1.807, 2.05) is 0 Å². The number of nitrogens with zero attached hydrogens (tertiary/aromatic N) is 2. The van der Waals surface area contributed by atoms with Crippen molar-refractivity contribution in [2.45, 2.75) is 12.1 Å². The van der Waals surface area contributed by atoms with Gasteiger partial charge in [0.25, 0.3) is 5.56 Å². The first-order valence-electron chi connectivity index (χ1n) is 9.59. The smallest absolute Gasteiger partial charge is 0.276 e. The number of amides is 1. The summed E-state index contributed by atoms with van der Waals surface area (Å²) < 4.78 is 26.3. The number of nitrogens with one attached hydrogen (secondary N) is 1. The number of rotatable bonds is 5. The number of carbonyl (C=O) groups excluding carboxylic acids is 1. The lowest BCUT2D eigenvalue weighted by atomic mass is 10.2. The Labute approximate surface area is 189 Å². The van der Waals surface area contributed by atoms with Crippen molar-refractivity contribution in [3.05, 3.63) is 69.6 Å². The highest BCUT2D eigenvalue weighted by Crippen LogP contribution is 2.34. The summed E-state index contributed by atoms with van der Waals surface area (Å²) in [6.07, 6.45) is 0. The Kier molecular flexibility index (Phi) is 5.32. The quantitative estimate of drug-likeness (QED) is 0.346. The summed E-state index contributed by atoms with van der Waals surface area (Å²) in [6, 6.07) is 11.3. The van der Waals surface area contributed by atoms with Crippen LogP contribution in [0.15, 0.2) is 57.8 Å². The number of benzene rings is 2. The van der Waals surface area contributed by atoms with Crippen LogP contribution in [0, 0.1) is 12.7 Å². The molecule has 3 heterocycles. The summed E-state index contributed by atoms with van der Waals surface area (Å²) >= 11 is 2.43. The van der Waals surface area contributed by atoms with Gasteiger partial charge in [-0.05, 0) is 54.3 Å². The lowest BCUT2D eigenvalue weighted by Crippen LogP contribution is -2.22. The summed E-state index contributed by atoms with van der Waals surface area (Å²) in [5, 5.41) is 4.95. The second kappa shape index (κ2) is 8.29. The molecule has 1 aliphatic rings. The third kappa shape index (κ3) is 3.82. The third-order valence-electron chi connectivity index (χ3n) is 4.84. The van der Waals surface area contributed by atoms with Gasteiger partial charge in [0.2, 0.25) is 12.7 Å². The molecule has 0 saturated carbocycles. The molecule has 1 amide bonds. The van der Waals surface area contributed by atoms with E-state index in [1.54, 1.807) is 42.6 Å². The van der Waals surface area contributed by atoms with Crippen LogP contribution < -0.4 is 20.3 Å². The Bertz CT molecular complexity index is 1420. The summed E-state index contributed by atoms with van der Waals surface area (Å²) in [7, 11) is 0. The molecule has 4 aromatic rings. The second-order valence-electron chi connectivity index (χ2n) is 7.01. The lowest BCUT2D eigenvalue weighted by molar-refractivity contribution is -0.113. The molecule has 5 rings (SSSR count). The highest BCUT2D eigenvalue weighted by molar-refractivity contribution is 7.99. The van der Waals surface area contributed by atoms with Crippen LogP contribution in [0.25, 0.3) is 15.9 Å². The molecule has 1 aliphatic heterocycles. The van der Waals surface area contributed by atoms with Gasteiger partial charge in [-0.3, -0.25) is 14.2 Å². The van der Waals surface area contributed by atoms with E-state index in [9.17, 15) is 14.0 Å². The zero-order valence-corrected chi connectivity index (χ0v) is 18.4. The Balaban J connectivity index is 1.42. The van der Waals surface area contributed by atoms with E-state index < -0.39 is 0 Å². The monoisotopic (exact) mass is 469 g/mol. The number of thioether (sulfide) groups is 1. The standard InChI is InChI=1S/C22H16FN3O4S2/c1-12-8-14(3-4-15(12)23)26-21(28)20-16(6-7-31-20)25-22(26)32-10-19(27)24-13-2-5-17-18(9-13)30-11-29-17/h2-9H,10-11H2,1H3,(H,24,27). The van der Waals surface area contributed by atoms with E-state index in [0.29, 0.717) is 43.8 Å². The molecule has 162 valence electrons. The first-order valence-corrected chi connectivity index (χ1v) is 11.5. The molecule has 0 spiro atoms. The molecule has 1 N–H and O–H groups in total. The van der Waals surface area contributed by atoms with Gasteiger partial charge < -0.3 is 14.8 Å². The number of fused-ring (bicyclic) bond motifs is 2. The number of hydrogen-bond acceptors (Lipinski definition) is 7. The van der Waals surface area contributed by atoms with Crippen molar-refractivity contribution in [3.8, 4) is 17.2 Å². The van der Waals surface area contributed by atoms with Crippen molar-refractivity contribution >= 4 is 44.9 Å². The van der Waals surface area contributed by atoms with Gasteiger partial charge >= 0.3 is 0 Å². The van der Waals surface area contributed by atoms with Gasteiger partial charge in [0.1, 0.15) is 10.5 Å². The molecule has 0 saturated heterocycles. The maximum Gasteiger partial charge on any atom is 0.276 e. The first-order chi connectivity index (χ1) is 15.5. The van der Waals surface area contributed by atoms with Crippen LogP contribution in [0.5, 0.6) is 11.5 Å². The molecular weight excluding hydrogens is 453 g/mol. The molecule has 0 radical (unpaired) electrons. The minimum absolute atomic E-state index is 0.0245. The fourth-order valence-corrected chi connectivity index (χ4v) is 4.86. The van der Waals surface area contributed by atoms with Crippen molar-refractivity contribution < 1.29 is 18.7 Å². The van der Waals surface area contributed by atoms with E-state index >= 15 is 0 Å². The maximum absolute atomic E-state index is 13.8. The lowest BCUT2D eigenvalue weighted by Gasteiger charge is -2.13. The Morgan fingerprint density at radius 2 is 2.06 bits per heavy atom. The molecule has 2 aromatic carbocycles. The number of ether oxygens (including phenoxy) is 2. The second-order valence-corrected chi connectivity index (χ2v) is 8.87. The highest BCUT2D eigenvalue weighted by Gasteiger charge is 2.18. The fraction of sp³-hybridized carbons (Fsp3) is 0.136. The minimum atomic E-state index is -0.357. The zero-order chi connectivity index (χ0) is 22.2. The minimum Gasteiger partial charge on any atom is -0.454 e. The average molecular weight is 470 g/mol. The molecule has 0 aliphatic carbocycles. The van der Waals surface area contributed by atoms with Gasteiger partial charge in [0, 0.05) is 11.8 Å². The van der Waals surface area contributed by atoms with Crippen molar-refractivity contribution in [2.75, 3.05) is 17.9 Å². The van der Waals surface area contributed by atoms with E-state index in [2.05, 4.69) is 10.3 Å². The number of halogens is 1. The molecule has 10 heteroatoms. The molecule has 2 aromatic heterocycles. The summed E-state index contributed by atoms with van der Waals surface area (Å²) in [4.78, 5) is 30.3. The molecule has 7 nitrogen and oxygen atoms in total. The molecule has 0 bridgehead atoms. The van der Waals surface area contributed by atoms with Crippen LogP contribution in [0.4, 0.5) is 10.1 Å². The van der Waals surface area contributed by atoms with Crippen LogP contribution in [0.2, 0.25) is 0 Å². The van der Waals surface area contributed by atoms with Crippen molar-refractivity contribution in [1.82, 2.24) is 9.55 Å². The van der Waals surface area contributed by atoms with Gasteiger partial charge in [-0.25, -0.2) is 9.37 Å². The predicted octanol–water partition coefficient (Wildman–Crippen LogP) is 4.35. The fourth-order valence-electron chi connectivity index (χ4n) is 3.29. The average Bonchev–Trinajstić information content (AvgIpc) is 3.43. The summed E-state index contributed by atoms with van der Waals surface area (Å²) in [5.74, 6) is 0.598. The first kappa shape index (κ1) is 20.5. The van der Waals surface area contributed by atoms with Crippen molar-refractivity contribution in [3.63, 3.8) is 0 Å². The van der Waals surface area contributed by atoms with E-state index in [1.165, 1.54) is 28.0 Å². The van der Waals surface area contributed by atoms with Crippen LogP contribution in [0.3, 0.4) is 0 Å². The number of aromatic nitrogens is 2. The molecule has 32 heavy (non-hydrogen) atoms. The third-order valence-corrected chi connectivity index (χ3v) is 6.67. The topological polar surface area (TPSA) is 82.5 Å². The van der Waals surface area contributed by atoms with Gasteiger partial charge in [0.15, 0.2) is 16.7 Å². The van der Waals surface area contributed by atoms with Crippen LogP contribution in [-0.2, 0) is 4.79 Å². The van der Waals surface area contributed by atoms with Gasteiger partial charge in [-0.2, -0.15) is 0 Å². The Hall–Kier alpha value is -3.37. The number of thiophene rings is 1. The Morgan fingerprint density at radius 3 is 2.91 bits per heavy atom. The predicted molar refractivity (Wildman–Crippen MR) is 122 cm³/mol. The van der Waals surface area contributed by atoms with Crippen LogP contribution in [0.1, 0.15) is 5.56 Å².